The fourth-order valence-corrected chi connectivity index (χ4v) is 4.06. The molecule has 6 aromatic rings. The summed E-state index contributed by atoms with van der Waals surface area (Å²) in [6.45, 7) is 5.03. The SMILES string of the molecule is CC(C)c1nc(-n2ccnc2Cn2ccnc2)nc2c1[nH]c(=O)c1cnc(Cn3ccnc3)n12. The van der Waals surface area contributed by atoms with E-state index in [1.807, 2.05) is 46.1 Å². The van der Waals surface area contributed by atoms with Crippen LogP contribution in [0.3, 0.4) is 0 Å². The van der Waals surface area contributed by atoms with Crippen molar-refractivity contribution in [1.29, 1.82) is 0 Å². The molecule has 0 unspecified atom stereocenters. The molecule has 170 valence electrons. The Hall–Kier alpha value is -4.61. The van der Waals surface area contributed by atoms with Crippen molar-refractivity contribution in [2.45, 2.75) is 32.9 Å². The van der Waals surface area contributed by atoms with Crippen molar-refractivity contribution >= 4 is 16.7 Å². The number of aromatic amines is 1. The van der Waals surface area contributed by atoms with E-state index >= 15 is 0 Å². The van der Waals surface area contributed by atoms with Crippen molar-refractivity contribution in [3.8, 4) is 5.95 Å². The number of fused-ring (bicyclic) bond motifs is 3. The van der Waals surface area contributed by atoms with Crippen LogP contribution in [-0.2, 0) is 13.1 Å². The number of H-pyrrole nitrogens is 1. The van der Waals surface area contributed by atoms with Gasteiger partial charge in [0.05, 0.1) is 37.6 Å². The van der Waals surface area contributed by atoms with Crippen LogP contribution in [0.15, 0.2) is 60.8 Å². The fourth-order valence-electron chi connectivity index (χ4n) is 4.06. The zero-order valence-electron chi connectivity index (χ0n) is 18.6. The van der Waals surface area contributed by atoms with Crippen LogP contribution < -0.4 is 5.56 Å². The molecule has 1 N–H and O–H groups in total. The Morgan fingerprint density at radius 3 is 2.32 bits per heavy atom. The maximum atomic E-state index is 12.9. The third-order valence-electron chi connectivity index (χ3n) is 5.67. The van der Waals surface area contributed by atoms with Gasteiger partial charge in [0.2, 0.25) is 5.95 Å². The molecule has 12 heteroatoms. The van der Waals surface area contributed by atoms with Gasteiger partial charge in [0.15, 0.2) is 5.65 Å². The molecule has 0 saturated carbocycles. The van der Waals surface area contributed by atoms with E-state index in [0.29, 0.717) is 41.5 Å². The molecular formula is C22H21N11O. The predicted octanol–water partition coefficient (Wildman–Crippen LogP) is 1.76. The highest BCUT2D eigenvalue weighted by molar-refractivity contribution is 5.77. The van der Waals surface area contributed by atoms with Crippen LogP contribution in [0.2, 0.25) is 0 Å². The summed E-state index contributed by atoms with van der Waals surface area (Å²) in [5.41, 5.74) is 2.10. The molecule has 34 heavy (non-hydrogen) atoms. The lowest BCUT2D eigenvalue weighted by Gasteiger charge is -2.14. The van der Waals surface area contributed by atoms with E-state index in [2.05, 4.69) is 24.9 Å². The van der Waals surface area contributed by atoms with E-state index in [1.165, 1.54) is 0 Å². The molecule has 0 radical (unpaired) electrons. The molecule has 6 rings (SSSR count). The van der Waals surface area contributed by atoms with E-state index < -0.39 is 0 Å². The van der Waals surface area contributed by atoms with Crippen LogP contribution in [0.5, 0.6) is 0 Å². The van der Waals surface area contributed by atoms with Crippen molar-refractivity contribution in [2.24, 2.45) is 0 Å². The van der Waals surface area contributed by atoms with Crippen LogP contribution in [-0.4, -0.2) is 53.0 Å². The summed E-state index contributed by atoms with van der Waals surface area (Å²) in [4.78, 5) is 42.9. The first-order valence-corrected chi connectivity index (χ1v) is 10.8. The molecule has 0 aliphatic carbocycles. The van der Waals surface area contributed by atoms with Crippen LogP contribution in [0.4, 0.5) is 0 Å². The fraction of sp³-hybridized carbons (Fsp3) is 0.227. The zero-order chi connectivity index (χ0) is 23.2. The van der Waals surface area contributed by atoms with Crippen LogP contribution >= 0.6 is 0 Å². The molecule has 12 nitrogen and oxygen atoms in total. The predicted molar refractivity (Wildman–Crippen MR) is 123 cm³/mol. The number of hydrogen-bond acceptors (Lipinski definition) is 7. The van der Waals surface area contributed by atoms with Gasteiger partial charge in [-0.05, 0) is 5.92 Å². The summed E-state index contributed by atoms with van der Waals surface area (Å²) in [6, 6.07) is 0. The third-order valence-corrected chi connectivity index (χ3v) is 5.67. The van der Waals surface area contributed by atoms with Gasteiger partial charge in [-0.25, -0.2) is 24.9 Å². The first-order valence-electron chi connectivity index (χ1n) is 10.8. The average molecular weight is 455 g/mol. The second-order valence-electron chi connectivity index (χ2n) is 8.29. The minimum absolute atomic E-state index is 0.0404. The van der Waals surface area contributed by atoms with Gasteiger partial charge in [0.1, 0.15) is 22.7 Å². The van der Waals surface area contributed by atoms with Crippen molar-refractivity contribution in [3.63, 3.8) is 0 Å². The lowest BCUT2D eigenvalue weighted by atomic mass is 10.1. The minimum atomic E-state index is -0.237. The summed E-state index contributed by atoms with van der Waals surface area (Å²) in [5, 5.41) is 0. The lowest BCUT2D eigenvalue weighted by Crippen LogP contribution is -2.17. The van der Waals surface area contributed by atoms with Gasteiger partial charge in [-0.1, -0.05) is 13.8 Å². The van der Waals surface area contributed by atoms with Gasteiger partial charge in [-0.3, -0.25) is 13.8 Å². The molecule has 0 bridgehead atoms. The van der Waals surface area contributed by atoms with Gasteiger partial charge in [0, 0.05) is 37.2 Å². The largest absolute Gasteiger partial charge is 0.330 e. The van der Waals surface area contributed by atoms with Gasteiger partial charge < -0.3 is 14.1 Å². The van der Waals surface area contributed by atoms with Crippen molar-refractivity contribution < 1.29 is 0 Å². The van der Waals surface area contributed by atoms with Crippen LogP contribution in [0, 0.1) is 0 Å². The highest BCUT2D eigenvalue weighted by Crippen LogP contribution is 2.23. The van der Waals surface area contributed by atoms with Crippen LogP contribution in [0.25, 0.3) is 22.6 Å². The summed E-state index contributed by atoms with van der Waals surface area (Å²) >= 11 is 0. The Morgan fingerprint density at radius 2 is 1.65 bits per heavy atom. The molecule has 0 saturated heterocycles. The Labute approximate surface area is 192 Å². The topological polar surface area (TPSA) is 129 Å². The highest BCUT2D eigenvalue weighted by Gasteiger charge is 2.20. The molecule has 6 aromatic heterocycles. The van der Waals surface area contributed by atoms with Gasteiger partial charge in [0.25, 0.3) is 5.56 Å². The van der Waals surface area contributed by atoms with Gasteiger partial charge >= 0.3 is 0 Å². The third kappa shape index (κ3) is 3.27. The molecule has 0 fully saturated rings. The quantitative estimate of drug-likeness (QED) is 0.405. The standard InChI is InChI=1S/C22H21N11O/c1-14(2)18-19-20(29-22(28-18)32-8-5-25-16(32)10-30-6-3-23-12-30)33-15(21(34)27-19)9-26-17(33)11-31-7-4-24-13-31/h3-9,12-14H,10-11H2,1-2H3,(H,27,34). The first-order chi connectivity index (χ1) is 16.6. The number of imidazole rings is 4. The van der Waals surface area contributed by atoms with Crippen molar-refractivity contribution in [2.75, 3.05) is 0 Å². The van der Waals surface area contributed by atoms with E-state index in [-0.39, 0.29) is 11.5 Å². The molecule has 0 aliphatic heterocycles. The van der Waals surface area contributed by atoms with E-state index in [1.54, 1.807) is 41.8 Å². The maximum absolute atomic E-state index is 12.9. The molecule has 0 aromatic carbocycles. The average Bonchev–Trinajstić information content (AvgIpc) is 3.63. The Morgan fingerprint density at radius 1 is 0.912 bits per heavy atom. The molecule has 0 atom stereocenters. The number of nitrogens with one attached hydrogen (secondary N) is 1. The molecule has 6 heterocycles. The van der Waals surface area contributed by atoms with Crippen LogP contribution in [0.1, 0.15) is 37.1 Å². The van der Waals surface area contributed by atoms with Crippen molar-refractivity contribution in [1.82, 2.24) is 53.0 Å². The summed E-state index contributed by atoms with van der Waals surface area (Å²) in [6.07, 6.45) is 15.7. The monoisotopic (exact) mass is 455 g/mol. The Balaban J connectivity index is 1.60. The van der Waals surface area contributed by atoms with Crippen molar-refractivity contribution in [3.05, 3.63) is 83.7 Å². The summed E-state index contributed by atoms with van der Waals surface area (Å²) in [7, 11) is 0. The Kier molecular flexibility index (Phi) is 4.57. The normalized spacial score (nSPS) is 11.9. The number of nitrogens with zero attached hydrogens (tertiary/aromatic N) is 10. The first kappa shape index (κ1) is 20.0. The minimum Gasteiger partial charge on any atom is -0.330 e. The second kappa shape index (κ2) is 7.76. The van der Waals surface area contributed by atoms with E-state index in [4.69, 9.17) is 9.97 Å². The zero-order valence-corrected chi connectivity index (χ0v) is 18.6. The maximum Gasteiger partial charge on any atom is 0.274 e. The lowest BCUT2D eigenvalue weighted by molar-refractivity contribution is 0.708. The number of hydrogen-bond donors (Lipinski definition) is 1. The summed E-state index contributed by atoms with van der Waals surface area (Å²) in [5.74, 6) is 1.95. The molecule has 0 aliphatic rings. The Bertz CT molecular complexity index is 1650. The smallest absolute Gasteiger partial charge is 0.274 e. The molecular weight excluding hydrogens is 434 g/mol. The number of aromatic nitrogens is 11. The van der Waals surface area contributed by atoms with Gasteiger partial charge in [-0.2, -0.15) is 4.98 Å². The van der Waals surface area contributed by atoms with E-state index in [9.17, 15) is 4.79 Å². The molecule has 0 amide bonds. The van der Waals surface area contributed by atoms with Gasteiger partial charge in [-0.15, -0.1) is 0 Å². The molecule has 0 spiro atoms. The highest BCUT2D eigenvalue weighted by atomic mass is 16.1. The second-order valence-corrected chi connectivity index (χ2v) is 8.29. The number of rotatable bonds is 6. The van der Waals surface area contributed by atoms with E-state index in [0.717, 1.165) is 11.5 Å². The summed E-state index contributed by atoms with van der Waals surface area (Å²) < 4.78 is 7.48.